The highest BCUT2D eigenvalue weighted by molar-refractivity contribution is 7.47. The van der Waals surface area contributed by atoms with E-state index in [1.54, 1.807) is 6.92 Å². The summed E-state index contributed by atoms with van der Waals surface area (Å²) in [5.74, 6) is -0.220. The highest BCUT2D eigenvalue weighted by Crippen LogP contribution is 2.42. The van der Waals surface area contributed by atoms with E-state index in [-0.39, 0.29) is 38.2 Å². The first-order chi connectivity index (χ1) is 34.0. The van der Waals surface area contributed by atoms with Crippen molar-refractivity contribution < 1.29 is 42.7 Å². The van der Waals surface area contributed by atoms with Gasteiger partial charge in [-0.25, -0.2) is 4.57 Å². The lowest BCUT2D eigenvalue weighted by atomic mass is 9.94. The summed E-state index contributed by atoms with van der Waals surface area (Å²) in [5, 5.41) is 11.0. The molecule has 0 saturated carbocycles. The van der Waals surface area contributed by atoms with E-state index in [4.69, 9.17) is 18.9 Å². The van der Waals surface area contributed by atoms with Crippen molar-refractivity contribution in [3.05, 3.63) is 13.2 Å². The van der Waals surface area contributed by atoms with E-state index in [1.807, 2.05) is 27.7 Å². The molecule has 0 aromatic heterocycles. The molecule has 0 saturated heterocycles. The Morgan fingerprint density at radius 3 is 1.07 bits per heavy atom. The van der Waals surface area contributed by atoms with E-state index in [0.29, 0.717) is 31.1 Å². The molecule has 432 valence electrons. The largest absolute Gasteiger partial charge is 0.481 e. The number of carboxylic acids is 1. The molecule has 0 aliphatic rings. The molecule has 71 heavy (non-hydrogen) atoms. The highest BCUT2D eigenvalue weighted by Gasteiger charge is 2.20. The Morgan fingerprint density at radius 2 is 0.789 bits per heavy atom. The van der Waals surface area contributed by atoms with Crippen LogP contribution in [0.1, 0.15) is 322 Å². The van der Waals surface area contributed by atoms with Crippen molar-refractivity contribution in [1.29, 1.82) is 0 Å². The lowest BCUT2D eigenvalue weighted by Crippen LogP contribution is -2.26. The Labute approximate surface area is 444 Å². The molecule has 0 aromatic carbocycles. The van der Waals surface area contributed by atoms with Gasteiger partial charge in [-0.05, 0) is 24.2 Å². The minimum Gasteiger partial charge on any atom is -0.481 e. The summed E-state index contributed by atoms with van der Waals surface area (Å²) in [6.07, 6.45) is 41.8. The molecule has 11 heteroatoms. The van der Waals surface area contributed by atoms with Gasteiger partial charge < -0.3 is 20.1 Å². The van der Waals surface area contributed by atoms with Crippen LogP contribution in [0.15, 0.2) is 13.2 Å². The molecule has 0 radical (unpaired) electrons. The number of rotatable bonds is 42. The maximum atomic E-state index is 11.8. The molecule has 0 fully saturated rings. The number of carbonyl (C=O) groups is 3. The van der Waals surface area contributed by atoms with Crippen LogP contribution in [0.5, 0.6) is 0 Å². The number of hydrogen-bond acceptors (Lipinski definition) is 7. The highest BCUT2D eigenvalue weighted by atomic mass is 31.2. The first-order valence-electron chi connectivity index (χ1n) is 29.7. The normalized spacial score (nSPS) is 11.2. The predicted octanol–water partition coefficient (Wildman–Crippen LogP) is 20.1. The van der Waals surface area contributed by atoms with Gasteiger partial charge in [0.2, 0.25) is 5.91 Å². The fraction of sp³-hybridized carbons (Fsp3) is 0.917. The Balaban J connectivity index is -0.000000190. The lowest BCUT2D eigenvalue weighted by molar-refractivity contribution is -0.144. The van der Waals surface area contributed by atoms with Gasteiger partial charge in [0.15, 0.2) is 0 Å². The molecule has 0 aliphatic heterocycles. The van der Waals surface area contributed by atoms with Crippen molar-refractivity contribution in [2.75, 3.05) is 26.4 Å². The van der Waals surface area contributed by atoms with E-state index >= 15 is 0 Å². The zero-order valence-electron chi connectivity index (χ0n) is 50.3. The number of aliphatic carboxylic acids is 1. The van der Waals surface area contributed by atoms with Crippen LogP contribution in [-0.2, 0) is 32.7 Å². The quantitative estimate of drug-likeness (QED) is 0.0235. The Kier molecular flexibility index (Phi) is 85.0. The van der Waals surface area contributed by atoms with Crippen molar-refractivity contribution in [1.82, 2.24) is 5.32 Å². The van der Waals surface area contributed by atoms with Crippen molar-refractivity contribution in [3.8, 4) is 0 Å². The third-order valence-electron chi connectivity index (χ3n) is 10.8. The zero-order valence-corrected chi connectivity index (χ0v) is 51.2. The van der Waals surface area contributed by atoms with E-state index in [2.05, 4.69) is 80.8 Å². The van der Waals surface area contributed by atoms with Crippen LogP contribution in [0.3, 0.4) is 0 Å². The first-order valence-corrected chi connectivity index (χ1v) is 31.2. The van der Waals surface area contributed by atoms with Crippen LogP contribution in [0.25, 0.3) is 0 Å². The van der Waals surface area contributed by atoms with E-state index < -0.39 is 13.8 Å². The van der Waals surface area contributed by atoms with Gasteiger partial charge in [-0.3, -0.25) is 23.4 Å². The molecular formula is C60H128NO9P. The van der Waals surface area contributed by atoms with Gasteiger partial charge in [0.1, 0.15) is 0 Å². The van der Waals surface area contributed by atoms with Gasteiger partial charge in [-0.15, -0.1) is 13.2 Å². The summed E-state index contributed by atoms with van der Waals surface area (Å²) >= 11 is 0. The SMILES string of the molecule is C=C.CC.CC.CC(C)C.CCC(C)(C)C.CCCCCCCCCCCCCCCCCC(=O)O.CCCCCCCCCCCCCCCCCC(=O)OCCCOP(=O)(O)OCCNC(=O)CC. The average molecular weight is 1040 g/mol. The summed E-state index contributed by atoms with van der Waals surface area (Å²) in [6.45, 7) is 35.8. The molecule has 0 spiro atoms. The molecule has 0 aliphatic carbocycles. The smallest absolute Gasteiger partial charge is 0.472 e. The van der Waals surface area contributed by atoms with Gasteiger partial charge >= 0.3 is 19.8 Å². The number of esters is 1. The van der Waals surface area contributed by atoms with Gasteiger partial charge in [0, 0.05) is 32.2 Å². The van der Waals surface area contributed by atoms with Crippen molar-refractivity contribution in [2.45, 2.75) is 322 Å². The van der Waals surface area contributed by atoms with Crippen LogP contribution < -0.4 is 5.32 Å². The summed E-state index contributed by atoms with van der Waals surface area (Å²) in [4.78, 5) is 42.7. The average Bonchev–Trinajstić information content (AvgIpc) is 3.34. The predicted molar refractivity (Wildman–Crippen MR) is 312 cm³/mol. The number of phosphoric acid groups is 1. The minimum atomic E-state index is -4.16. The van der Waals surface area contributed by atoms with Gasteiger partial charge in [0.25, 0.3) is 0 Å². The molecule has 0 heterocycles. The van der Waals surface area contributed by atoms with Crippen LogP contribution in [0.2, 0.25) is 0 Å². The summed E-state index contributed by atoms with van der Waals surface area (Å²) < 4.78 is 26.4. The topological polar surface area (TPSA) is 148 Å². The second-order valence-corrected chi connectivity index (χ2v) is 21.3. The molecule has 10 nitrogen and oxygen atoms in total. The minimum absolute atomic E-state index is 0.0542. The summed E-state index contributed by atoms with van der Waals surface area (Å²) in [7, 11) is -4.16. The third kappa shape index (κ3) is 102. The van der Waals surface area contributed by atoms with Crippen LogP contribution in [-0.4, -0.2) is 54.2 Å². The molecule has 1 amide bonds. The van der Waals surface area contributed by atoms with Crippen LogP contribution in [0.4, 0.5) is 0 Å². The van der Waals surface area contributed by atoms with Gasteiger partial charge in [-0.2, -0.15) is 0 Å². The monoisotopic (exact) mass is 1040 g/mol. The van der Waals surface area contributed by atoms with Crippen molar-refractivity contribution in [3.63, 3.8) is 0 Å². The van der Waals surface area contributed by atoms with Gasteiger partial charge in [-0.1, -0.05) is 283 Å². The summed E-state index contributed by atoms with van der Waals surface area (Å²) in [5.41, 5.74) is 0.542. The number of ether oxygens (including phenoxy) is 1. The number of amides is 1. The molecular weight excluding hydrogens is 910 g/mol. The number of phosphoric ester groups is 1. The molecule has 3 N–H and O–H groups in total. The van der Waals surface area contributed by atoms with Crippen LogP contribution in [0, 0.1) is 11.3 Å². The maximum Gasteiger partial charge on any atom is 0.472 e. The standard InChI is InChI=1S/C26H52NO7P.C18H36O2.C6H14.C4H10.2C2H6.C2H4/c1-3-5-6-7-8-9-10-11-12-13-14-15-16-17-18-20-26(29)32-22-19-23-33-35(30,31)34-24-21-27-25(28)4-2;1-2-3-4-5-6-7-8-9-10-11-12-13-14-15-16-17-18(19)20;1-5-6(2,3)4;1-4(2)3;3*1-2/h3-24H2,1-2H3,(H,27,28)(H,30,31);2-17H2,1H3,(H,19,20);5H2,1-4H3;4H,1-3H3;2*1-2H3;1-2H2. The number of hydrogen-bond donors (Lipinski definition) is 3. The Hall–Kier alpha value is -1.74. The maximum absolute atomic E-state index is 11.8. The molecule has 0 bridgehead atoms. The Morgan fingerprint density at radius 1 is 0.507 bits per heavy atom. The fourth-order valence-corrected chi connectivity index (χ4v) is 7.06. The molecule has 1 atom stereocenters. The van der Waals surface area contributed by atoms with Gasteiger partial charge in [0.05, 0.1) is 19.8 Å². The fourth-order valence-electron chi connectivity index (χ4n) is 6.30. The zero-order chi connectivity index (χ0) is 55.7. The van der Waals surface area contributed by atoms with E-state index in [0.717, 1.165) is 38.0 Å². The Bertz CT molecular complexity index is 1050. The van der Waals surface area contributed by atoms with Crippen LogP contribution >= 0.6 is 7.82 Å². The summed E-state index contributed by atoms with van der Waals surface area (Å²) in [6, 6.07) is 0. The number of carbonyl (C=O) groups excluding carboxylic acids is 2. The second kappa shape index (κ2) is 72.5. The van der Waals surface area contributed by atoms with E-state index in [1.165, 1.54) is 167 Å². The molecule has 1 unspecified atom stereocenters. The second-order valence-electron chi connectivity index (χ2n) is 19.9. The first kappa shape index (κ1) is 83.3. The number of nitrogens with one attached hydrogen (secondary N) is 1. The van der Waals surface area contributed by atoms with Crippen molar-refractivity contribution >= 4 is 25.7 Å². The molecule has 0 rings (SSSR count). The third-order valence-corrected chi connectivity index (χ3v) is 11.9. The van der Waals surface area contributed by atoms with E-state index in [9.17, 15) is 23.8 Å². The number of unbranched alkanes of at least 4 members (excludes halogenated alkanes) is 28. The molecule has 0 aromatic rings. The lowest BCUT2D eigenvalue weighted by Gasteiger charge is -2.12. The van der Waals surface area contributed by atoms with Crippen molar-refractivity contribution in [2.24, 2.45) is 11.3 Å². The number of carboxylic acid groups (broad SMARTS) is 1.